The van der Waals surface area contributed by atoms with Crippen molar-refractivity contribution in [2.75, 3.05) is 0 Å². The van der Waals surface area contributed by atoms with Gasteiger partial charge >= 0.3 is 0 Å². The summed E-state index contributed by atoms with van der Waals surface area (Å²) in [6, 6.07) is 9.74. The number of hydrogen-bond acceptors (Lipinski definition) is 7. The first kappa shape index (κ1) is 17.1. The van der Waals surface area contributed by atoms with E-state index in [0.717, 1.165) is 22.7 Å². The molecule has 3 aromatic heterocycles. The highest BCUT2D eigenvalue weighted by Crippen LogP contribution is 2.23. The van der Waals surface area contributed by atoms with Crippen LogP contribution in [0.15, 0.2) is 52.6 Å². The smallest absolute Gasteiger partial charge is 0.271 e. The molecule has 0 unspecified atom stereocenters. The van der Waals surface area contributed by atoms with Gasteiger partial charge in [0, 0.05) is 23.7 Å². The molecule has 0 spiro atoms. The third-order valence-corrected chi connectivity index (χ3v) is 4.73. The third kappa shape index (κ3) is 3.77. The van der Waals surface area contributed by atoms with E-state index >= 15 is 0 Å². The summed E-state index contributed by atoms with van der Waals surface area (Å²) in [5, 5.41) is 13.4. The Morgan fingerprint density at radius 3 is 2.85 bits per heavy atom. The Hall–Kier alpha value is -3.33. The summed E-state index contributed by atoms with van der Waals surface area (Å²) in [6.07, 6.45) is 3.52. The molecule has 0 bridgehead atoms. The second-order valence-electron chi connectivity index (χ2n) is 5.68. The van der Waals surface area contributed by atoms with Crippen molar-refractivity contribution in [2.24, 2.45) is 0 Å². The van der Waals surface area contributed by atoms with E-state index in [4.69, 9.17) is 4.52 Å². The summed E-state index contributed by atoms with van der Waals surface area (Å²) in [7, 11) is 0. The van der Waals surface area contributed by atoms with E-state index in [-0.39, 0.29) is 12.5 Å². The molecule has 0 radical (unpaired) electrons. The van der Waals surface area contributed by atoms with E-state index in [1.165, 1.54) is 11.3 Å². The lowest BCUT2D eigenvalue weighted by molar-refractivity contribution is 0.0942. The lowest BCUT2D eigenvalue weighted by Gasteiger charge is -1.98. The molecule has 0 aliphatic carbocycles. The minimum absolute atomic E-state index is 0.131. The van der Waals surface area contributed by atoms with Crippen LogP contribution in [0.2, 0.25) is 0 Å². The second-order valence-corrected chi connectivity index (χ2v) is 6.54. The number of aromatic nitrogens is 5. The molecule has 1 N–H and O–H groups in total. The van der Waals surface area contributed by atoms with Gasteiger partial charge in [-0.2, -0.15) is 10.1 Å². The van der Waals surface area contributed by atoms with Crippen LogP contribution >= 0.6 is 11.3 Å². The molecule has 1 aromatic carbocycles. The maximum atomic E-state index is 12.3. The molecule has 0 fully saturated rings. The lowest BCUT2D eigenvalue weighted by Crippen LogP contribution is -2.23. The average Bonchev–Trinajstić information content (AvgIpc) is 3.47. The van der Waals surface area contributed by atoms with E-state index in [2.05, 4.69) is 25.5 Å². The van der Waals surface area contributed by atoms with Gasteiger partial charge in [0.15, 0.2) is 0 Å². The number of carbonyl (C=O) groups excluding carboxylic acids is 1. The minimum Gasteiger partial charge on any atom is -0.342 e. The number of amides is 1. The van der Waals surface area contributed by atoms with Crippen LogP contribution in [0.25, 0.3) is 22.0 Å². The Balaban J connectivity index is 1.39. The van der Waals surface area contributed by atoms with Crippen molar-refractivity contribution in [1.82, 2.24) is 30.2 Å². The van der Waals surface area contributed by atoms with Crippen molar-refractivity contribution in [3.8, 4) is 22.0 Å². The van der Waals surface area contributed by atoms with Crippen LogP contribution in [0.3, 0.4) is 0 Å². The quantitative estimate of drug-likeness (QED) is 0.552. The number of hydrogen-bond donors (Lipinski definition) is 1. The molecular weight excluding hydrogens is 364 g/mol. The molecular formula is C18H16N6O2S. The molecule has 0 aliphatic heterocycles. The summed E-state index contributed by atoms with van der Waals surface area (Å²) in [6.45, 7) is 2.89. The van der Waals surface area contributed by atoms with Crippen LogP contribution in [-0.2, 0) is 13.1 Å². The van der Waals surface area contributed by atoms with E-state index in [9.17, 15) is 4.79 Å². The first-order valence-electron chi connectivity index (χ1n) is 8.37. The highest BCUT2D eigenvalue weighted by molar-refractivity contribution is 7.13. The van der Waals surface area contributed by atoms with Crippen molar-refractivity contribution in [1.29, 1.82) is 0 Å². The van der Waals surface area contributed by atoms with Gasteiger partial charge in [-0.05, 0) is 6.92 Å². The minimum atomic E-state index is -0.285. The molecule has 1 amide bonds. The zero-order chi connectivity index (χ0) is 18.6. The molecule has 8 nitrogen and oxygen atoms in total. The Kier molecular flexibility index (Phi) is 4.75. The van der Waals surface area contributed by atoms with Crippen LogP contribution in [0, 0.1) is 0 Å². The number of thiazole rings is 1. The summed E-state index contributed by atoms with van der Waals surface area (Å²) < 4.78 is 6.97. The molecule has 0 aliphatic rings. The summed E-state index contributed by atoms with van der Waals surface area (Å²) in [5.74, 6) is 0.479. The van der Waals surface area contributed by atoms with Gasteiger partial charge in [0.2, 0.25) is 11.7 Å². The largest absolute Gasteiger partial charge is 0.342 e. The fraction of sp³-hybridized carbons (Fsp3) is 0.167. The second kappa shape index (κ2) is 7.50. The van der Waals surface area contributed by atoms with E-state index in [1.807, 2.05) is 43.5 Å². The zero-order valence-electron chi connectivity index (χ0n) is 14.5. The average molecular weight is 380 g/mol. The molecule has 4 aromatic rings. The Labute approximate surface area is 158 Å². The van der Waals surface area contributed by atoms with Gasteiger partial charge in [0.05, 0.1) is 18.3 Å². The molecule has 0 saturated carbocycles. The molecule has 4 rings (SSSR count). The van der Waals surface area contributed by atoms with Crippen molar-refractivity contribution >= 4 is 17.2 Å². The first-order chi connectivity index (χ1) is 13.2. The van der Waals surface area contributed by atoms with Gasteiger partial charge < -0.3 is 9.84 Å². The molecule has 136 valence electrons. The van der Waals surface area contributed by atoms with E-state index in [1.54, 1.807) is 16.3 Å². The number of carbonyl (C=O) groups is 1. The highest BCUT2D eigenvalue weighted by Gasteiger charge is 2.14. The van der Waals surface area contributed by atoms with Crippen LogP contribution in [0.5, 0.6) is 0 Å². The van der Waals surface area contributed by atoms with Crippen molar-refractivity contribution in [2.45, 2.75) is 20.0 Å². The Bertz CT molecular complexity index is 1050. The highest BCUT2D eigenvalue weighted by atomic mass is 32.1. The molecule has 0 atom stereocenters. The lowest BCUT2D eigenvalue weighted by atomic mass is 10.2. The first-order valence-corrected chi connectivity index (χ1v) is 9.25. The Morgan fingerprint density at radius 1 is 1.22 bits per heavy atom. The van der Waals surface area contributed by atoms with E-state index in [0.29, 0.717) is 17.4 Å². The molecule has 9 heteroatoms. The molecule has 27 heavy (non-hydrogen) atoms. The predicted molar refractivity (Wildman–Crippen MR) is 99.9 cm³/mol. The Morgan fingerprint density at radius 2 is 2.07 bits per heavy atom. The predicted octanol–water partition coefficient (Wildman–Crippen LogP) is 3.01. The van der Waals surface area contributed by atoms with Crippen LogP contribution < -0.4 is 5.32 Å². The number of nitrogens with one attached hydrogen (secondary N) is 1. The molecule has 0 saturated heterocycles. The van der Waals surface area contributed by atoms with Crippen molar-refractivity contribution < 1.29 is 9.32 Å². The standard InChI is InChI=1S/C18H16N6O2S/c1-2-24-10-13(8-20-24)16-22-15(26-23-16)9-19-17(25)14-11-27-18(21-14)12-6-4-3-5-7-12/h3-8,10-11H,2,9H2,1H3,(H,19,25). The van der Waals surface area contributed by atoms with Crippen LogP contribution in [0.1, 0.15) is 23.3 Å². The topological polar surface area (TPSA) is 98.7 Å². The maximum absolute atomic E-state index is 12.3. The van der Waals surface area contributed by atoms with Gasteiger partial charge in [-0.15, -0.1) is 11.3 Å². The van der Waals surface area contributed by atoms with Gasteiger partial charge in [-0.3, -0.25) is 9.48 Å². The number of nitrogens with zero attached hydrogens (tertiary/aromatic N) is 5. The van der Waals surface area contributed by atoms with Crippen LogP contribution in [0.4, 0.5) is 0 Å². The third-order valence-electron chi connectivity index (χ3n) is 3.84. The monoisotopic (exact) mass is 380 g/mol. The van der Waals surface area contributed by atoms with Crippen LogP contribution in [-0.4, -0.2) is 30.8 Å². The van der Waals surface area contributed by atoms with Crippen molar-refractivity contribution in [3.63, 3.8) is 0 Å². The summed E-state index contributed by atoms with van der Waals surface area (Å²) in [5.41, 5.74) is 2.11. The zero-order valence-corrected chi connectivity index (χ0v) is 15.3. The number of rotatable bonds is 6. The van der Waals surface area contributed by atoms with E-state index < -0.39 is 0 Å². The summed E-state index contributed by atoms with van der Waals surface area (Å²) in [4.78, 5) is 21.0. The normalized spacial score (nSPS) is 10.9. The van der Waals surface area contributed by atoms with Gasteiger partial charge in [0.25, 0.3) is 5.91 Å². The fourth-order valence-corrected chi connectivity index (χ4v) is 3.24. The number of benzene rings is 1. The molecule has 3 heterocycles. The fourth-order valence-electron chi connectivity index (χ4n) is 2.43. The number of aryl methyl sites for hydroxylation is 1. The van der Waals surface area contributed by atoms with Gasteiger partial charge in [0.1, 0.15) is 10.7 Å². The summed E-state index contributed by atoms with van der Waals surface area (Å²) >= 11 is 1.43. The van der Waals surface area contributed by atoms with Gasteiger partial charge in [-0.1, -0.05) is 35.5 Å². The van der Waals surface area contributed by atoms with Crippen molar-refractivity contribution in [3.05, 3.63) is 59.7 Å². The maximum Gasteiger partial charge on any atom is 0.271 e. The van der Waals surface area contributed by atoms with Gasteiger partial charge in [-0.25, -0.2) is 4.98 Å². The SMILES string of the molecule is CCn1cc(-c2noc(CNC(=O)c3csc(-c4ccccc4)n3)n2)cn1.